The Morgan fingerprint density at radius 2 is 2.04 bits per heavy atom. The summed E-state index contributed by atoms with van der Waals surface area (Å²) in [6.45, 7) is 3.89. The van der Waals surface area contributed by atoms with Crippen LogP contribution in [-0.2, 0) is 6.42 Å². The molecular formula is C18H16N2O4. The molecule has 2 aromatic carbocycles. The van der Waals surface area contributed by atoms with Crippen LogP contribution in [0.25, 0.3) is 11.0 Å². The molecular weight excluding hydrogens is 308 g/mol. The van der Waals surface area contributed by atoms with Crippen molar-refractivity contribution in [3.8, 4) is 0 Å². The van der Waals surface area contributed by atoms with Gasteiger partial charge in [0.1, 0.15) is 5.58 Å². The van der Waals surface area contributed by atoms with Gasteiger partial charge in [-0.2, -0.15) is 0 Å². The Morgan fingerprint density at radius 3 is 2.75 bits per heavy atom. The predicted molar refractivity (Wildman–Crippen MR) is 91.4 cm³/mol. The Morgan fingerprint density at radius 1 is 1.25 bits per heavy atom. The lowest BCUT2D eigenvalue weighted by Gasteiger charge is -2.03. The molecule has 24 heavy (non-hydrogen) atoms. The van der Waals surface area contributed by atoms with Crippen LogP contribution in [0.2, 0.25) is 0 Å². The summed E-state index contributed by atoms with van der Waals surface area (Å²) < 4.78 is 5.66. The van der Waals surface area contributed by atoms with Gasteiger partial charge in [-0.05, 0) is 37.1 Å². The van der Waals surface area contributed by atoms with Gasteiger partial charge in [-0.1, -0.05) is 19.1 Å². The number of nitro groups is 1. The summed E-state index contributed by atoms with van der Waals surface area (Å²) >= 11 is 0. The third-order valence-electron chi connectivity index (χ3n) is 3.93. The van der Waals surface area contributed by atoms with E-state index in [2.05, 4.69) is 12.2 Å². The van der Waals surface area contributed by atoms with Crippen molar-refractivity contribution in [3.05, 3.63) is 69.5 Å². The maximum absolute atomic E-state index is 12.5. The number of aryl methyl sites for hydroxylation is 2. The number of hydrogen-bond acceptors (Lipinski definition) is 4. The summed E-state index contributed by atoms with van der Waals surface area (Å²) in [6, 6.07) is 11.6. The number of non-ortho nitro benzene ring substituents is 1. The second-order valence-electron chi connectivity index (χ2n) is 5.50. The van der Waals surface area contributed by atoms with Crippen LogP contribution in [0.5, 0.6) is 0 Å². The highest BCUT2D eigenvalue weighted by atomic mass is 16.6. The van der Waals surface area contributed by atoms with Gasteiger partial charge in [-0.15, -0.1) is 0 Å². The van der Waals surface area contributed by atoms with Gasteiger partial charge >= 0.3 is 0 Å². The third kappa shape index (κ3) is 2.86. The number of hydrogen-bond donors (Lipinski definition) is 1. The number of nitrogens with one attached hydrogen (secondary N) is 1. The highest BCUT2D eigenvalue weighted by molar-refractivity contribution is 6.06. The van der Waals surface area contributed by atoms with Crippen molar-refractivity contribution in [2.45, 2.75) is 20.3 Å². The maximum Gasteiger partial charge on any atom is 0.291 e. The second-order valence-corrected chi connectivity index (χ2v) is 5.50. The lowest BCUT2D eigenvalue weighted by Crippen LogP contribution is -2.12. The largest absolute Gasteiger partial charge is 0.451 e. The Hall–Kier alpha value is -3.15. The molecule has 0 saturated heterocycles. The zero-order valence-corrected chi connectivity index (χ0v) is 13.3. The number of anilines is 1. The van der Waals surface area contributed by atoms with Crippen LogP contribution in [0.3, 0.4) is 0 Å². The molecule has 1 heterocycles. The Bertz CT molecular complexity index is 943. The summed E-state index contributed by atoms with van der Waals surface area (Å²) in [7, 11) is 0. The summed E-state index contributed by atoms with van der Waals surface area (Å²) in [5.74, 6) is -0.216. The van der Waals surface area contributed by atoms with Gasteiger partial charge in [0.25, 0.3) is 11.6 Å². The fourth-order valence-electron chi connectivity index (χ4n) is 2.59. The van der Waals surface area contributed by atoms with E-state index in [0.29, 0.717) is 11.3 Å². The number of benzene rings is 2. The molecule has 0 aliphatic rings. The maximum atomic E-state index is 12.5. The molecule has 122 valence electrons. The highest BCUT2D eigenvalue weighted by Crippen LogP contribution is 2.27. The van der Waals surface area contributed by atoms with E-state index in [1.807, 2.05) is 25.1 Å². The summed E-state index contributed by atoms with van der Waals surface area (Å²) in [5, 5.41) is 14.4. The molecule has 0 spiro atoms. The van der Waals surface area contributed by atoms with E-state index in [1.54, 1.807) is 6.07 Å². The van der Waals surface area contributed by atoms with Crippen LogP contribution >= 0.6 is 0 Å². The van der Waals surface area contributed by atoms with Crippen molar-refractivity contribution in [2.75, 3.05) is 5.32 Å². The minimum absolute atomic E-state index is 0.0817. The number of carbonyl (C=O) groups is 1. The molecule has 6 nitrogen and oxygen atoms in total. The minimum Gasteiger partial charge on any atom is -0.451 e. The number of amides is 1. The molecule has 1 N–H and O–H groups in total. The first-order valence-corrected chi connectivity index (χ1v) is 7.57. The van der Waals surface area contributed by atoms with E-state index in [9.17, 15) is 14.9 Å². The number of nitro benzene ring substituents is 1. The average Bonchev–Trinajstić information content (AvgIpc) is 2.91. The van der Waals surface area contributed by atoms with E-state index in [0.717, 1.165) is 22.9 Å². The van der Waals surface area contributed by atoms with E-state index >= 15 is 0 Å². The number of fused-ring (bicyclic) bond motifs is 1. The van der Waals surface area contributed by atoms with E-state index < -0.39 is 10.8 Å². The molecule has 0 atom stereocenters. The topological polar surface area (TPSA) is 85.4 Å². The highest BCUT2D eigenvalue weighted by Gasteiger charge is 2.18. The average molecular weight is 324 g/mol. The van der Waals surface area contributed by atoms with Crippen molar-refractivity contribution >= 4 is 28.3 Å². The molecule has 0 fully saturated rings. The molecule has 0 radical (unpaired) electrons. The number of rotatable bonds is 4. The second kappa shape index (κ2) is 6.16. The lowest BCUT2D eigenvalue weighted by atomic mass is 10.1. The number of nitrogens with zero attached hydrogens (tertiary/aromatic N) is 1. The molecule has 0 aliphatic heterocycles. The minimum atomic E-state index is -0.506. The van der Waals surface area contributed by atoms with Crippen molar-refractivity contribution < 1.29 is 14.1 Å². The van der Waals surface area contributed by atoms with Gasteiger partial charge in [-0.25, -0.2) is 0 Å². The molecule has 0 aliphatic carbocycles. The van der Waals surface area contributed by atoms with Gasteiger partial charge in [0.05, 0.1) is 4.92 Å². The normalized spacial score (nSPS) is 10.8. The predicted octanol–water partition coefficient (Wildman–Crippen LogP) is 4.46. The summed E-state index contributed by atoms with van der Waals surface area (Å²) in [5.41, 5.74) is 2.83. The summed E-state index contributed by atoms with van der Waals surface area (Å²) in [4.78, 5) is 22.8. The first kappa shape index (κ1) is 15.7. The van der Waals surface area contributed by atoms with Gasteiger partial charge in [0, 0.05) is 28.8 Å². The number of furan rings is 1. The van der Waals surface area contributed by atoms with Crippen LogP contribution in [0, 0.1) is 17.0 Å². The number of carbonyl (C=O) groups excluding carboxylic acids is 1. The quantitative estimate of drug-likeness (QED) is 0.567. The molecule has 3 rings (SSSR count). The van der Waals surface area contributed by atoms with Gasteiger partial charge < -0.3 is 9.73 Å². The summed E-state index contributed by atoms with van der Waals surface area (Å²) in [6.07, 6.45) is 0.899. The molecule has 0 saturated carbocycles. The fraction of sp³-hybridized carbons (Fsp3) is 0.167. The van der Waals surface area contributed by atoms with Crippen LogP contribution < -0.4 is 5.32 Å². The van der Waals surface area contributed by atoms with Crippen molar-refractivity contribution in [3.63, 3.8) is 0 Å². The van der Waals surface area contributed by atoms with Crippen LogP contribution in [0.15, 0.2) is 46.9 Å². The zero-order chi connectivity index (χ0) is 17.3. The Kier molecular flexibility index (Phi) is 4.04. The Balaban J connectivity index is 1.93. The van der Waals surface area contributed by atoms with Crippen molar-refractivity contribution in [2.24, 2.45) is 0 Å². The monoisotopic (exact) mass is 324 g/mol. The van der Waals surface area contributed by atoms with Crippen LogP contribution in [-0.4, -0.2) is 10.8 Å². The lowest BCUT2D eigenvalue weighted by molar-refractivity contribution is -0.384. The van der Waals surface area contributed by atoms with E-state index in [4.69, 9.17) is 4.42 Å². The first-order chi connectivity index (χ1) is 11.5. The fourth-order valence-corrected chi connectivity index (χ4v) is 2.59. The zero-order valence-electron chi connectivity index (χ0n) is 13.3. The smallest absolute Gasteiger partial charge is 0.291 e. The molecule has 0 unspecified atom stereocenters. The van der Waals surface area contributed by atoms with Crippen LogP contribution in [0.1, 0.15) is 28.6 Å². The van der Waals surface area contributed by atoms with Gasteiger partial charge in [0.2, 0.25) is 0 Å². The molecule has 1 amide bonds. The van der Waals surface area contributed by atoms with Crippen molar-refractivity contribution in [1.29, 1.82) is 0 Å². The molecule has 6 heteroatoms. The SMILES string of the molecule is CCc1ccc2oc(C(=O)Nc3cccc([N+](=O)[O-])c3)c(C)c2c1. The molecule has 1 aromatic heterocycles. The van der Waals surface area contributed by atoms with Crippen molar-refractivity contribution in [1.82, 2.24) is 0 Å². The Labute approximate surface area is 138 Å². The third-order valence-corrected chi connectivity index (χ3v) is 3.93. The van der Waals surface area contributed by atoms with E-state index in [1.165, 1.54) is 18.2 Å². The molecule has 3 aromatic rings. The van der Waals surface area contributed by atoms with Gasteiger partial charge in [-0.3, -0.25) is 14.9 Å². The first-order valence-electron chi connectivity index (χ1n) is 7.57. The standard InChI is InChI=1S/C18H16N2O4/c1-3-12-7-8-16-15(9-12)11(2)17(24-16)18(21)19-13-5-4-6-14(10-13)20(22)23/h4-10H,3H2,1-2H3,(H,19,21). The van der Waals surface area contributed by atoms with Crippen LogP contribution in [0.4, 0.5) is 11.4 Å². The van der Waals surface area contributed by atoms with Gasteiger partial charge in [0.15, 0.2) is 5.76 Å². The molecule has 0 bridgehead atoms. The van der Waals surface area contributed by atoms with E-state index in [-0.39, 0.29) is 11.4 Å².